The molecule has 0 spiro atoms. The molecule has 25 heavy (non-hydrogen) atoms. The number of nitrogens with zero attached hydrogens (tertiary/aromatic N) is 4. The number of aliphatic hydroxyl groups is 1. The molecule has 7 nitrogen and oxygen atoms in total. The zero-order valence-electron chi connectivity index (χ0n) is 14.4. The molecule has 132 valence electrons. The summed E-state index contributed by atoms with van der Waals surface area (Å²) in [5.74, 6) is 2.04. The average molecular weight is 341 g/mol. The minimum absolute atomic E-state index is 0.0125. The van der Waals surface area contributed by atoms with Crippen molar-refractivity contribution in [2.24, 2.45) is 5.10 Å². The molecule has 0 radical (unpaired) electrons. The van der Waals surface area contributed by atoms with Crippen molar-refractivity contribution < 1.29 is 9.84 Å². The van der Waals surface area contributed by atoms with Gasteiger partial charge in [0.15, 0.2) is 5.82 Å². The van der Waals surface area contributed by atoms with Crippen LogP contribution in [-0.2, 0) is 11.2 Å². The first-order chi connectivity index (χ1) is 12.2. The predicted molar refractivity (Wildman–Crippen MR) is 98.2 cm³/mol. The number of benzene rings is 1. The third-order valence-electron chi connectivity index (χ3n) is 3.86. The summed E-state index contributed by atoms with van der Waals surface area (Å²) in [5, 5.41) is 13.5. The minimum Gasteiger partial charge on any atom is -0.396 e. The van der Waals surface area contributed by atoms with Crippen LogP contribution in [0.1, 0.15) is 17.0 Å². The SMILES string of the molecule is Cc1cccc(/C=N\Nc2cc(N3CCOCC3)nc(CCO)n2)c1. The summed E-state index contributed by atoms with van der Waals surface area (Å²) in [6.07, 6.45) is 2.17. The van der Waals surface area contributed by atoms with Gasteiger partial charge in [-0.15, -0.1) is 0 Å². The van der Waals surface area contributed by atoms with E-state index in [1.807, 2.05) is 31.2 Å². The van der Waals surface area contributed by atoms with Gasteiger partial charge in [0.1, 0.15) is 11.6 Å². The van der Waals surface area contributed by atoms with Gasteiger partial charge in [-0.2, -0.15) is 5.10 Å². The van der Waals surface area contributed by atoms with Crippen molar-refractivity contribution >= 4 is 17.9 Å². The monoisotopic (exact) mass is 341 g/mol. The lowest BCUT2D eigenvalue weighted by Crippen LogP contribution is -2.37. The standard InChI is InChI=1S/C18H23N5O2/c1-14-3-2-4-15(11-14)13-19-22-17-12-18(21-16(20-17)5-8-24)23-6-9-25-10-7-23/h2-4,11-13,24H,5-10H2,1H3,(H,20,21,22)/b19-13-. The van der Waals surface area contributed by atoms with E-state index in [2.05, 4.69) is 31.5 Å². The van der Waals surface area contributed by atoms with Gasteiger partial charge in [-0.3, -0.25) is 5.43 Å². The van der Waals surface area contributed by atoms with Gasteiger partial charge < -0.3 is 14.7 Å². The summed E-state index contributed by atoms with van der Waals surface area (Å²) in [5.41, 5.74) is 5.17. The Morgan fingerprint density at radius 2 is 2.12 bits per heavy atom. The first-order valence-corrected chi connectivity index (χ1v) is 8.42. The highest BCUT2D eigenvalue weighted by molar-refractivity contribution is 5.80. The first-order valence-electron chi connectivity index (χ1n) is 8.42. The summed E-state index contributed by atoms with van der Waals surface area (Å²) in [7, 11) is 0. The summed E-state index contributed by atoms with van der Waals surface area (Å²) in [4.78, 5) is 11.1. The molecule has 1 aromatic heterocycles. The lowest BCUT2D eigenvalue weighted by molar-refractivity contribution is 0.122. The fourth-order valence-corrected chi connectivity index (χ4v) is 2.63. The van der Waals surface area contributed by atoms with E-state index in [-0.39, 0.29) is 6.61 Å². The van der Waals surface area contributed by atoms with Crippen LogP contribution >= 0.6 is 0 Å². The van der Waals surface area contributed by atoms with Crippen LogP contribution < -0.4 is 10.3 Å². The van der Waals surface area contributed by atoms with E-state index < -0.39 is 0 Å². The molecular formula is C18H23N5O2. The third kappa shape index (κ3) is 4.98. The van der Waals surface area contributed by atoms with Crippen LogP contribution in [0.2, 0.25) is 0 Å². The van der Waals surface area contributed by atoms with Gasteiger partial charge in [0.2, 0.25) is 0 Å². The van der Waals surface area contributed by atoms with Crippen molar-refractivity contribution in [3.05, 3.63) is 47.3 Å². The van der Waals surface area contributed by atoms with Gasteiger partial charge in [-0.05, 0) is 12.5 Å². The van der Waals surface area contributed by atoms with Crippen LogP contribution in [-0.4, -0.2) is 54.2 Å². The van der Waals surface area contributed by atoms with Crippen LogP contribution in [0.25, 0.3) is 0 Å². The zero-order valence-corrected chi connectivity index (χ0v) is 14.4. The number of aromatic nitrogens is 2. The molecule has 1 saturated heterocycles. The quantitative estimate of drug-likeness (QED) is 0.613. The van der Waals surface area contributed by atoms with Gasteiger partial charge in [0.05, 0.1) is 26.0 Å². The molecule has 1 fully saturated rings. The van der Waals surface area contributed by atoms with Gasteiger partial charge >= 0.3 is 0 Å². The minimum atomic E-state index is 0.0125. The maximum atomic E-state index is 9.20. The first kappa shape index (κ1) is 17.3. The topological polar surface area (TPSA) is 82.9 Å². The number of hydrogen-bond acceptors (Lipinski definition) is 7. The van der Waals surface area contributed by atoms with Crippen LogP contribution in [0.4, 0.5) is 11.6 Å². The molecule has 0 amide bonds. The van der Waals surface area contributed by atoms with E-state index in [1.54, 1.807) is 6.21 Å². The molecule has 7 heteroatoms. The molecular weight excluding hydrogens is 318 g/mol. The smallest absolute Gasteiger partial charge is 0.152 e. The number of aliphatic hydroxyl groups excluding tert-OH is 1. The Morgan fingerprint density at radius 3 is 2.88 bits per heavy atom. The molecule has 1 aliphatic rings. The molecule has 2 aromatic rings. The van der Waals surface area contributed by atoms with Crippen LogP contribution in [0, 0.1) is 6.92 Å². The number of ether oxygens (including phenoxy) is 1. The van der Waals surface area contributed by atoms with Gasteiger partial charge in [0, 0.05) is 25.6 Å². The maximum absolute atomic E-state index is 9.20. The summed E-state index contributed by atoms with van der Waals surface area (Å²) >= 11 is 0. The molecule has 0 aliphatic carbocycles. The molecule has 1 aromatic carbocycles. The van der Waals surface area contributed by atoms with Crippen LogP contribution in [0.15, 0.2) is 35.4 Å². The Kier molecular flexibility index (Phi) is 5.92. The normalized spacial score (nSPS) is 14.9. The van der Waals surface area contributed by atoms with Gasteiger partial charge in [-0.1, -0.05) is 29.8 Å². The molecule has 2 N–H and O–H groups in total. The van der Waals surface area contributed by atoms with Crippen molar-refractivity contribution in [3.8, 4) is 0 Å². The van der Waals surface area contributed by atoms with Crippen LogP contribution in [0.3, 0.4) is 0 Å². The average Bonchev–Trinajstić information content (AvgIpc) is 2.63. The maximum Gasteiger partial charge on any atom is 0.152 e. The summed E-state index contributed by atoms with van der Waals surface area (Å²) in [6.45, 7) is 5.02. The second kappa shape index (κ2) is 8.55. The van der Waals surface area contributed by atoms with Crippen molar-refractivity contribution in [2.75, 3.05) is 43.2 Å². The third-order valence-corrected chi connectivity index (χ3v) is 3.86. The van der Waals surface area contributed by atoms with Crippen molar-refractivity contribution in [1.82, 2.24) is 9.97 Å². The predicted octanol–water partition coefficient (Wildman–Crippen LogP) is 1.60. The summed E-state index contributed by atoms with van der Waals surface area (Å²) < 4.78 is 5.39. The Bertz CT molecular complexity index is 729. The Labute approximate surface area is 147 Å². The molecule has 0 saturated carbocycles. The highest BCUT2D eigenvalue weighted by atomic mass is 16.5. The van der Waals surface area contributed by atoms with Gasteiger partial charge in [0.25, 0.3) is 0 Å². The number of hydrogen-bond donors (Lipinski definition) is 2. The molecule has 1 aliphatic heterocycles. The van der Waals surface area contributed by atoms with Crippen molar-refractivity contribution in [2.45, 2.75) is 13.3 Å². The highest BCUT2D eigenvalue weighted by Gasteiger charge is 2.14. The number of morpholine rings is 1. The number of aryl methyl sites for hydroxylation is 1. The lowest BCUT2D eigenvalue weighted by atomic mass is 10.2. The fraction of sp³-hybridized carbons (Fsp3) is 0.389. The Balaban J connectivity index is 1.75. The molecule has 0 unspecified atom stereocenters. The van der Waals surface area contributed by atoms with Crippen molar-refractivity contribution in [1.29, 1.82) is 0 Å². The molecule has 2 heterocycles. The van der Waals surface area contributed by atoms with E-state index in [0.717, 1.165) is 24.5 Å². The van der Waals surface area contributed by atoms with E-state index in [0.29, 0.717) is 31.3 Å². The fourth-order valence-electron chi connectivity index (χ4n) is 2.63. The Morgan fingerprint density at radius 1 is 1.28 bits per heavy atom. The Hall–Kier alpha value is -2.51. The van der Waals surface area contributed by atoms with Gasteiger partial charge in [-0.25, -0.2) is 9.97 Å². The molecule has 0 atom stereocenters. The second-order valence-corrected chi connectivity index (χ2v) is 5.88. The highest BCUT2D eigenvalue weighted by Crippen LogP contribution is 2.17. The second-order valence-electron chi connectivity index (χ2n) is 5.88. The van der Waals surface area contributed by atoms with E-state index in [4.69, 9.17) is 4.74 Å². The van der Waals surface area contributed by atoms with E-state index >= 15 is 0 Å². The van der Waals surface area contributed by atoms with E-state index in [1.165, 1.54) is 5.56 Å². The van der Waals surface area contributed by atoms with Crippen LogP contribution in [0.5, 0.6) is 0 Å². The lowest BCUT2D eigenvalue weighted by Gasteiger charge is -2.28. The number of nitrogens with one attached hydrogen (secondary N) is 1. The number of anilines is 2. The van der Waals surface area contributed by atoms with E-state index in [9.17, 15) is 5.11 Å². The zero-order chi connectivity index (χ0) is 17.5. The number of rotatable bonds is 6. The largest absolute Gasteiger partial charge is 0.396 e. The molecule has 0 bridgehead atoms. The molecule has 3 rings (SSSR count). The summed E-state index contributed by atoms with van der Waals surface area (Å²) in [6, 6.07) is 9.97. The number of hydrazone groups is 1. The van der Waals surface area contributed by atoms with Crippen molar-refractivity contribution in [3.63, 3.8) is 0 Å².